The maximum Gasteiger partial charge on any atom is 0.221 e. The first-order valence-electron chi connectivity index (χ1n) is 12.6. The van der Waals surface area contributed by atoms with Gasteiger partial charge in [0.05, 0.1) is 0 Å². The molecule has 3 unspecified atom stereocenters. The zero-order valence-corrected chi connectivity index (χ0v) is 22.1. The summed E-state index contributed by atoms with van der Waals surface area (Å²) >= 11 is 0. The van der Waals surface area contributed by atoms with Crippen LogP contribution >= 0.6 is 7.44 Å². The van der Waals surface area contributed by atoms with E-state index in [0.29, 0.717) is 0 Å². The molecule has 0 aromatic heterocycles. The lowest BCUT2D eigenvalue weighted by molar-refractivity contribution is 0.122. The Kier molecular flexibility index (Phi) is 7.77. The fourth-order valence-electron chi connectivity index (χ4n) is 5.79. The first-order valence-corrected chi connectivity index (χ1v) is 14.3. The Morgan fingerprint density at radius 1 is 0.676 bits per heavy atom. The van der Waals surface area contributed by atoms with Crippen LogP contribution in [0, 0.1) is 0 Å². The average Bonchev–Trinajstić information content (AvgIpc) is 2.84. The van der Waals surface area contributed by atoms with Gasteiger partial charge in [-0.1, -0.05) is 97.9 Å². The second-order valence-electron chi connectivity index (χ2n) is 10.2. The molecule has 3 aromatic rings. The summed E-state index contributed by atoms with van der Waals surface area (Å²) in [5.41, 5.74) is 3.76. The molecule has 3 aromatic carbocycles. The van der Waals surface area contributed by atoms with Crippen molar-refractivity contribution in [1.82, 2.24) is 9.34 Å². The summed E-state index contributed by atoms with van der Waals surface area (Å²) < 4.78 is 20.5. The highest BCUT2D eigenvalue weighted by molar-refractivity contribution is 7.60. The van der Waals surface area contributed by atoms with Gasteiger partial charge in [0.15, 0.2) is 0 Å². The van der Waals surface area contributed by atoms with Gasteiger partial charge in [-0.2, -0.15) is 0 Å². The van der Waals surface area contributed by atoms with E-state index in [2.05, 4.69) is 135 Å². The van der Waals surface area contributed by atoms with Gasteiger partial charge in [-0.3, -0.25) is 4.57 Å². The Labute approximate surface area is 206 Å². The van der Waals surface area contributed by atoms with Crippen molar-refractivity contribution in [3.8, 4) is 0 Å². The molecule has 0 aliphatic carbocycles. The molecule has 4 heteroatoms. The van der Waals surface area contributed by atoms with Gasteiger partial charge in [0.25, 0.3) is 0 Å². The Hall–Kier alpha value is -2.19. The van der Waals surface area contributed by atoms with E-state index in [4.69, 9.17) is 0 Å². The Morgan fingerprint density at radius 2 is 1.06 bits per heavy atom. The molecule has 34 heavy (non-hydrogen) atoms. The standard InChI is InChI=1S/C30H39N2OP/c1-23(2)31-29(27-17-11-7-12-18-27)22-30(28-19-13-8-14-20-28)32(24(3)4)34(31,33)25(5)21-26-15-9-6-10-16-26/h6-20,23-25,29-30H,21-22H2,1-5H3. The molecule has 1 saturated heterocycles. The minimum Gasteiger partial charge on any atom is -0.288 e. The van der Waals surface area contributed by atoms with Gasteiger partial charge in [0, 0.05) is 29.8 Å². The van der Waals surface area contributed by atoms with Crippen LogP contribution in [0.25, 0.3) is 0 Å². The fraction of sp³-hybridized carbons (Fsp3) is 0.400. The van der Waals surface area contributed by atoms with Crippen LogP contribution in [0.3, 0.4) is 0 Å². The summed E-state index contributed by atoms with van der Waals surface area (Å²) in [5, 5.41) is 0. The molecular weight excluding hydrogens is 435 g/mol. The van der Waals surface area contributed by atoms with Crippen LogP contribution in [-0.2, 0) is 11.0 Å². The molecule has 3 nitrogen and oxygen atoms in total. The topological polar surface area (TPSA) is 23.6 Å². The summed E-state index contributed by atoms with van der Waals surface area (Å²) in [6.45, 7) is 11.0. The third-order valence-electron chi connectivity index (χ3n) is 7.12. The zero-order valence-electron chi connectivity index (χ0n) is 21.2. The van der Waals surface area contributed by atoms with Crippen molar-refractivity contribution in [1.29, 1.82) is 0 Å². The van der Waals surface area contributed by atoms with Crippen LogP contribution in [0.15, 0.2) is 91.0 Å². The summed E-state index contributed by atoms with van der Waals surface area (Å²) in [5.74, 6) is 0. The van der Waals surface area contributed by atoms with Gasteiger partial charge in [-0.25, -0.2) is 9.34 Å². The molecule has 1 fully saturated rings. The molecule has 0 bridgehead atoms. The number of hydrogen-bond donors (Lipinski definition) is 0. The fourth-order valence-corrected chi connectivity index (χ4v) is 9.96. The van der Waals surface area contributed by atoms with Crippen LogP contribution in [0.1, 0.15) is 69.8 Å². The van der Waals surface area contributed by atoms with E-state index < -0.39 is 7.44 Å². The predicted octanol–water partition coefficient (Wildman–Crippen LogP) is 8.12. The average molecular weight is 475 g/mol. The van der Waals surface area contributed by atoms with E-state index >= 15 is 4.57 Å². The third kappa shape index (κ3) is 4.80. The third-order valence-corrected chi connectivity index (χ3v) is 11.3. The van der Waals surface area contributed by atoms with Crippen molar-refractivity contribution in [2.75, 3.05) is 0 Å². The highest BCUT2D eigenvalue weighted by Gasteiger charge is 2.54. The number of rotatable bonds is 7. The molecule has 0 N–H and O–H groups in total. The van der Waals surface area contributed by atoms with Gasteiger partial charge < -0.3 is 0 Å². The maximum absolute atomic E-state index is 15.7. The zero-order chi connectivity index (χ0) is 24.3. The second-order valence-corrected chi connectivity index (χ2v) is 13.1. The van der Waals surface area contributed by atoms with Crippen LogP contribution in [0.5, 0.6) is 0 Å². The van der Waals surface area contributed by atoms with Crippen LogP contribution in [0.2, 0.25) is 0 Å². The molecule has 0 saturated carbocycles. The molecule has 4 rings (SSSR count). The van der Waals surface area contributed by atoms with Crippen LogP contribution in [-0.4, -0.2) is 27.1 Å². The van der Waals surface area contributed by atoms with Crippen molar-refractivity contribution >= 4 is 7.44 Å². The predicted molar refractivity (Wildman–Crippen MR) is 144 cm³/mol. The quantitative estimate of drug-likeness (QED) is 0.323. The Morgan fingerprint density at radius 3 is 1.44 bits per heavy atom. The van der Waals surface area contributed by atoms with Gasteiger partial charge in [0.2, 0.25) is 7.44 Å². The minimum atomic E-state index is -2.98. The molecule has 1 aliphatic heterocycles. The Bertz CT molecular complexity index is 1020. The molecule has 3 atom stereocenters. The van der Waals surface area contributed by atoms with E-state index in [1.165, 1.54) is 16.7 Å². The molecule has 0 radical (unpaired) electrons. The van der Waals surface area contributed by atoms with Crippen molar-refractivity contribution in [2.45, 2.75) is 77.3 Å². The van der Waals surface area contributed by atoms with E-state index in [0.717, 1.165) is 12.8 Å². The van der Waals surface area contributed by atoms with E-state index in [1.807, 2.05) is 0 Å². The summed E-state index contributed by atoms with van der Waals surface area (Å²) in [6.07, 6.45) is 1.72. The first kappa shape index (κ1) is 24.9. The molecule has 1 heterocycles. The smallest absolute Gasteiger partial charge is 0.221 e. The number of benzene rings is 3. The summed E-state index contributed by atoms with van der Waals surface area (Å²) in [4.78, 5) is 0. The van der Waals surface area contributed by atoms with Crippen molar-refractivity contribution < 1.29 is 4.57 Å². The number of hydrogen-bond acceptors (Lipinski definition) is 1. The van der Waals surface area contributed by atoms with Crippen LogP contribution in [0.4, 0.5) is 0 Å². The SMILES string of the molecule is CC(C)N1C(c2ccccc2)CC(c2ccccc2)N(C(C)C)P1(=O)C(C)Cc1ccccc1. The largest absolute Gasteiger partial charge is 0.288 e. The van der Waals surface area contributed by atoms with E-state index in [9.17, 15) is 0 Å². The lowest BCUT2D eigenvalue weighted by Crippen LogP contribution is -2.50. The minimum absolute atomic E-state index is 0.00238. The highest BCUT2D eigenvalue weighted by Crippen LogP contribution is 2.70. The second kappa shape index (κ2) is 10.6. The normalized spacial score (nSPS) is 25.0. The van der Waals surface area contributed by atoms with E-state index in [1.54, 1.807) is 0 Å². The molecular formula is C30H39N2OP. The lowest BCUT2D eigenvalue weighted by atomic mass is 9.93. The van der Waals surface area contributed by atoms with Crippen molar-refractivity contribution in [2.24, 2.45) is 0 Å². The summed E-state index contributed by atoms with van der Waals surface area (Å²) in [6, 6.07) is 32.5. The van der Waals surface area contributed by atoms with Gasteiger partial charge in [-0.05, 0) is 57.2 Å². The van der Waals surface area contributed by atoms with Crippen molar-refractivity contribution in [3.63, 3.8) is 0 Å². The first-order chi connectivity index (χ1) is 16.3. The monoisotopic (exact) mass is 474 g/mol. The molecule has 0 spiro atoms. The summed E-state index contributed by atoms with van der Waals surface area (Å²) in [7, 11) is -2.98. The van der Waals surface area contributed by atoms with Gasteiger partial charge >= 0.3 is 0 Å². The molecule has 1 aliphatic rings. The number of nitrogens with zero attached hydrogens (tertiary/aromatic N) is 2. The highest BCUT2D eigenvalue weighted by atomic mass is 31.2. The van der Waals surface area contributed by atoms with E-state index in [-0.39, 0.29) is 29.8 Å². The molecule has 180 valence electrons. The molecule has 0 amide bonds. The lowest BCUT2D eigenvalue weighted by Gasteiger charge is -2.56. The van der Waals surface area contributed by atoms with Gasteiger partial charge in [0.1, 0.15) is 0 Å². The van der Waals surface area contributed by atoms with Gasteiger partial charge in [-0.15, -0.1) is 0 Å². The maximum atomic E-state index is 15.7. The van der Waals surface area contributed by atoms with Crippen LogP contribution < -0.4 is 0 Å². The van der Waals surface area contributed by atoms with Crippen molar-refractivity contribution in [3.05, 3.63) is 108 Å². The Balaban J connectivity index is 1.89.